The summed E-state index contributed by atoms with van der Waals surface area (Å²) in [4.78, 5) is 16.5. The van der Waals surface area contributed by atoms with E-state index >= 15 is 0 Å². The molecule has 1 aromatic carbocycles. The Hall–Kier alpha value is -1.96. The molecular formula is C19H22ClN3O3S. The van der Waals surface area contributed by atoms with Crippen LogP contribution in [0.25, 0.3) is 0 Å². The predicted molar refractivity (Wildman–Crippen MR) is 105 cm³/mol. The molecule has 1 aliphatic rings. The quantitative estimate of drug-likeness (QED) is 0.838. The van der Waals surface area contributed by atoms with Crippen LogP contribution in [0.1, 0.15) is 30.6 Å². The van der Waals surface area contributed by atoms with Gasteiger partial charge in [0.2, 0.25) is 10.0 Å². The second kappa shape index (κ2) is 7.96. The topological polar surface area (TPSA) is 79.4 Å². The standard InChI is InChI=1S/C19H22ClN3O3S/c1-13-9-14(2)12-23(11-13)27(25,26)17-6-3-15(4-7-17)19(24)22-18-8-5-16(20)10-21-18/h3-8,10,13-14H,9,11-12H2,1-2H3,(H,21,22,24). The third kappa shape index (κ3) is 4.66. The van der Waals surface area contributed by atoms with Gasteiger partial charge in [0, 0.05) is 24.8 Å². The molecule has 2 heterocycles. The van der Waals surface area contributed by atoms with Gasteiger partial charge < -0.3 is 5.32 Å². The zero-order valence-corrected chi connectivity index (χ0v) is 16.8. The molecule has 2 aromatic rings. The summed E-state index contributed by atoms with van der Waals surface area (Å²) in [5.74, 6) is 0.673. The van der Waals surface area contributed by atoms with Crippen LogP contribution in [0.5, 0.6) is 0 Å². The summed E-state index contributed by atoms with van der Waals surface area (Å²) in [6, 6.07) is 9.19. The lowest BCUT2D eigenvalue weighted by Crippen LogP contribution is -2.42. The molecule has 3 rings (SSSR count). The fourth-order valence-electron chi connectivity index (χ4n) is 3.37. The lowest BCUT2D eigenvalue weighted by Gasteiger charge is -2.34. The maximum atomic E-state index is 12.9. The summed E-state index contributed by atoms with van der Waals surface area (Å²) < 4.78 is 27.3. The van der Waals surface area contributed by atoms with Crippen LogP contribution in [0.4, 0.5) is 5.82 Å². The van der Waals surface area contributed by atoms with E-state index in [0.717, 1.165) is 6.42 Å². The molecule has 2 unspecified atom stereocenters. The van der Waals surface area contributed by atoms with E-state index in [1.807, 2.05) is 0 Å². The van der Waals surface area contributed by atoms with Gasteiger partial charge in [-0.25, -0.2) is 13.4 Å². The number of rotatable bonds is 4. The average Bonchev–Trinajstić information content (AvgIpc) is 2.63. The molecule has 0 bridgehead atoms. The van der Waals surface area contributed by atoms with Crippen LogP contribution >= 0.6 is 11.6 Å². The van der Waals surface area contributed by atoms with E-state index in [2.05, 4.69) is 24.1 Å². The number of nitrogens with one attached hydrogen (secondary N) is 1. The van der Waals surface area contributed by atoms with E-state index in [1.54, 1.807) is 16.4 Å². The van der Waals surface area contributed by atoms with Crippen LogP contribution in [0.2, 0.25) is 5.02 Å². The molecule has 0 aliphatic carbocycles. The van der Waals surface area contributed by atoms with Crippen LogP contribution in [0.3, 0.4) is 0 Å². The molecule has 6 nitrogen and oxygen atoms in total. The lowest BCUT2D eigenvalue weighted by atomic mass is 9.94. The number of carbonyl (C=O) groups is 1. The number of sulfonamides is 1. The van der Waals surface area contributed by atoms with E-state index in [4.69, 9.17) is 11.6 Å². The van der Waals surface area contributed by atoms with Crippen LogP contribution in [0, 0.1) is 11.8 Å². The number of pyridine rings is 1. The number of aromatic nitrogens is 1. The van der Waals surface area contributed by atoms with Crippen molar-refractivity contribution in [1.29, 1.82) is 0 Å². The largest absolute Gasteiger partial charge is 0.307 e. The Kier molecular flexibility index (Phi) is 5.83. The molecule has 0 radical (unpaired) electrons. The van der Waals surface area contributed by atoms with Crippen LogP contribution in [-0.2, 0) is 10.0 Å². The number of anilines is 1. The van der Waals surface area contributed by atoms with Gasteiger partial charge >= 0.3 is 0 Å². The molecule has 8 heteroatoms. The highest BCUT2D eigenvalue weighted by molar-refractivity contribution is 7.89. The summed E-state index contributed by atoms with van der Waals surface area (Å²) in [6.07, 6.45) is 2.47. The van der Waals surface area contributed by atoms with E-state index in [9.17, 15) is 13.2 Å². The van der Waals surface area contributed by atoms with Crippen molar-refractivity contribution in [3.8, 4) is 0 Å². The molecule has 1 fully saturated rings. The highest BCUT2D eigenvalue weighted by Gasteiger charge is 2.31. The number of hydrogen-bond acceptors (Lipinski definition) is 4. The average molecular weight is 408 g/mol. The number of benzene rings is 1. The fourth-order valence-corrected chi connectivity index (χ4v) is 5.16. The smallest absolute Gasteiger partial charge is 0.256 e. The third-order valence-corrected chi connectivity index (χ3v) is 6.63. The monoisotopic (exact) mass is 407 g/mol. The molecule has 1 aliphatic heterocycles. The maximum absolute atomic E-state index is 12.9. The number of amides is 1. The molecular weight excluding hydrogens is 386 g/mol. The molecule has 144 valence electrons. The lowest BCUT2D eigenvalue weighted by molar-refractivity contribution is 0.102. The number of carbonyl (C=O) groups excluding carboxylic acids is 1. The van der Waals surface area contributed by atoms with E-state index in [-0.39, 0.29) is 10.8 Å². The van der Waals surface area contributed by atoms with E-state index < -0.39 is 10.0 Å². The minimum Gasteiger partial charge on any atom is -0.307 e. The van der Waals surface area contributed by atoms with Crippen molar-refractivity contribution in [2.75, 3.05) is 18.4 Å². The van der Waals surface area contributed by atoms with Gasteiger partial charge in [-0.05, 0) is 54.7 Å². The summed E-state index contributed by atoms with van der Waals surface area (Å²) >= 11 is 5.77. The van der Waals surface area contributed by atoms with Crippen molar-refractivity contribution < 1.29 is 13.2 Å². The highest BCUT2D eigenvalue weighted by atomic mass is 35.5. The van der Waals surface area contributed by atoms with Crippen molar-refractivity contribution in [2.45, 2.75) is 25.2 Å². The fraction of sp³-hybridized carbons (Fsp3) is 0.368. The number of piperidine rings is 1. The van der Waals surface area contributed by atoms with Crippen LogP contribution < -0.4 is 5.32 Å². The molecule has 0 spiro atoms. The summed E-state index contributed by atoms with van der Waals surface area (Å²) in [6.45, 7) is 5.18. The summed E-state index contributed by atoms with van der Waals surface area (Å²) in [5.41, 5.74) is 0.353. The Labute approximate surface area is 164 Å². The Balaban J connectivity index is 1.74. The van der Waals surface area contributed by atoms with Crippen molar-refractivity contribution in [3.05, 3.63) is 53.2 Å². The normalized spacial score (nSPS) is 21.0. The van der Waals surface area contributed by atoms with Gasteiger partial charge in [-0.3, -0.25) is 4.79 Å². The van der Waals surface area contributed by atoms with Gasteiger partial charge in [0.25, 0.3) is 5.91 Å². The first kappa shape index (κ1) is 19.8. The molecule has 1 N–H and O–H groups in total. The SMILES string of the molecule is CC1CC(C)CN(S(=O)(=O)c2ccc(C(=O)Nc3ccc(Cl)cn3)cc2)C1. The minimum atomic E-state index is -3.56. The number of hydrogen-bond donors (Lipinski definition) is 1. The van der Waals surface area contributed by atoms with E-state index in [1.165, 1.54) is 30.5 Å². The Morgan fingerprint density at radius 1 is 1.11 bits per heavy atom. The van der Waals surface area contributed by atoms with Gasteiger partial charge in [0.15, 0.2) is 0 Å². The molecule has 1 amide bonds. The first-order chi connectivity index (χ1) is 12.8. The first-order valence-electron chi connectivity index (χ1n) is 8.79. The molecule has 1 saturated heterocycles. The second-order valence-electron chi connectivity index (χ2n) is 7.11. The van der Waals surface area contributed by atoms with Crippen molar-refractivity contribution in [2.24, 2.45) is 11.8 Å². The molecule has 2 atom stereocenters. The van der Waals surface area contributed by atoms with Crippen LogP contribution in [0.15, 0.2) is 47.5 Å². The zero-order valence-electron chi connectivity index (χ0n) is 15.2. The highest BCUT2D eigenvalue weighted by Crippen LogP contribution is 2.26. The molecule has 27 heavy (non-hydrogen) atoms. The van der Waals surface area contributed by atoms with Crippen molar-refractivity contribution in [1.82, 2.24) is 9.29 Å². The van der Waals surface area contributed by atoms with E-state index in [0.29, 0.717) is 41.3 Å². The van der Waals surface area contributed by atoms with Gasteiger partial charge in [0.05, 0.1) is 9.92 Å². The first-order valence-corrected chi connectivity index (χ1v) is 10.6. The Morgan fingerprint density at radius 2 is 1.74 bits per heavy atom. The van der Waals surface area contributed by atoms with Crippen molar-refractivity contribution in [3.63, 3.8) is 0 Å². The van der Waals surface area contributed by atoms with Gasteiger partial charge in [-0.2, -0.15) is 4.31 Å². The number of halogens is 1. The van der Waals surface area contributed by atoms with Gasteiger partial charge in [-0.1, -0.05) is 25.4 Å². The predicted octanol–water partition coefficient (Wildman–Crippen LogP) is 3.65. The molecule has 1 aromatic heterocycles. The summed E-state index contributed by atoms with van der Waals surface area (Å²) in [7, 11) is -3.56. The third-order valence-electron chi connectivity index (χ3n) is 4.56. The van der Waals surface area contributed by atoms with Crippen LogP contribution in [-0.4, -0.2) is 36.7 Å². The van der Waals surface area contributed by atoms with Crippen molar-refractivity contribution >= 4 is 33.3 Å². The number of nitrogens with zero attached hydrogens (tertiary/aromatic N) is 2. The Morgan fingerprint density at radius 3 is 2.30 bits per heavy atom. The second-order valence-corrected chi connectivity index (χ2v) is 9.48. The Bertz CT molecular complexity index is 904. The maximum Gasteiger partial charge on any atom is 0.256 e. The minimum absolute atomic E-state index is 0.199. The summed E-state index contributed by atoms with van der Waals surface area (Å²) in [5, 5.41) is 3.13. The van der Waals surface area contributed by atoms with Gasteiger partial charge in [-0.15, -0.1) is 0 Å². The zero-order chi connectivity index (χ0) is 19.6. The molecule has 0 saturated carbocycles. The van der Waals surface area contributed by atoms with Gasteiger partial charge in [0.1, 0.15) is 5.82 Å².